The number of nitrogens with two attached hydrogens (primary N) is 1. The molecule has 0 radical (unpaired) electrons. The molecule has 0 bridgehead atoms. The topological polar surface area (TPSA) is 67.6 Å². The van der Waals surface area contributed by atoms with Crippen molar-refractivity contribution < 1.29 is 9.63 Å². The highest BCUT2D eigenvalue weighted by molar-refractivity contribution is 5.78. The van der Waals surface area contributed by atoms with Crippen molar-refractivity contribution in [2.45, 2.75) is 18.7 Å². The normalized spacial score (nSPS) is 24.8. The first-order valence-corrected chi connectivity index (χ1v) is 5.64. The van der Waals surface area contributed by atoms with Gasteiger partial charge in [0.05, 0.1) is 6.54 Å². The summed E-state index contributed by atoms with van der Waals surface area (Å²) in [5.74, 6) is -0.167. The van der Waals surface area contributed by atoms with E-state index in [1.165, 1.54) is 0 Å². The van der Waals surface area contributed by atoms with Crippen LogP contribution in [0, 0.1) is 0 Å². The predicted octanol–water partition coefficient (Wildman–Crippen LogP) is 0.396. The minimum absolute atomic E-state index is 0.000341. The summed E-state index contributed by atoms with van der Waals surface area (Å²) in [4.78, 5) is 16.9. The lowest BCUT2D eigenvalue weighted by Gasteiger charge is -2.17. The van der Waals surface area contributed by atoms with Crippen LogP contribution in [0.25, 0.3) is 0 Å². The third kappa shape index (κ3) is 2.82. The smallest absolute Gasteiger partial charge is 0.235 e. The van der Waals surface area contributed by atoms with E-state index in [1.54, 1.807) is 5.06 Å². The number of hydroxylamine groups is 2. The second-order valence-electron chi connectivity index (χ2n) is 4.07. The van der Waals surface area contributed by atoms with Gasteiger partial charge in [0, 0.05) is 13.5 Å². The van der Waals surface area contributed by atoms with E-state index in [1.807, 2.05) is 37.4 Å². The molecule has 2 rings (SSSR count). The summed E-state index contributed by atoms with van der Waals surface area (Å²) >= 11 is 0. The van der Waals surface area contributed by atoms with Crippen LogP contribution in [0.5, 0.6) is 0 Å². The van der Waals surface area contributed by atoms with E-state index < -0.39 is 0 Å². The van der Waals surface area contributed by atoms with Crippen molar-refractivity contribution in [2.24, 2.45) is 5.73 Å². The summed E-state index contributed by atoms with van der Waals surface area (Å²) in [6, 6.07) is 9.96. The first-order valence-electron chi connectivity index (χ1n) is 5.64. The molecule has 2 atom stereocenters. The molecule has 1 saturated heterocycles. The van der Waals surface area contributed by atoms with E-state index in [0.29, 0.717) is 0 Å². The number of hydrogen-bond acceptors (Lipinski definition) is 4. The first kappa shape index (κ1) is 12.0. The van der Waals surface area contributed by atoms with Gasteiger partial charge in [-0.3, -0.25) is 9.63 Å². The fourth-order valence-corrected chi connectivity index (χ4v) is 1.93. The molecule has 1 amide bonds. The van der Waals surface area contributed by atoms with Crippen molar-refractivity contribution in [2.75, 3.05) is 13.6 Å². The van der Waals surface area contributed by atoms with Crippen LogP contribution in [-0.2, 0) is 9.63 Å². The van der Waals surface area contributed by atoms with Crippen LogP contribution in [0.2, 0.25) is 0 Å². The van der Waals surface area contributed by atoms with Crippen LogP contribution >= 0.6 is 0 Å². The third-order valence-corrected chi connectivity index (χ3v) is 2.85. The molecule has 0 saturated carbocycles. The number of hydrogen-bond donors (Lipinski definition) is 2. The minimum atomic E-state index is -0.167. The van der Waals surface area contributed by atoms with Gasteiger partial charge in [0.25, 0.3) is 0 Å². The number of rotatable bonds is 3. The molecule has 17 heavy (non-hydrogen) atoms. The summed E-state index contributed by atoms with van der Waals surface area (Å²) in [7, 11) is 1.81. The van der Waals surface area contributed by atoms with Crippen LogP contribution < -0.4 is 11.1 Å². The molecule has 5 heteroatoms. The fraction of sp³-hybridized carbons (Fsp3) is 0.417. The van der Waals surface area contributed by atoms with Gasteiger partial charge in [-0.1, -0.05) is 30.3 Å². The van der Waals surface area contributed by atoms with Crippen molar-refractivity contribution in [3.63, 3.8) is 0 Å². The van der Waals surface area contributed by atoms with Crippen LogP contribution in [-0.4, -0.2) is 30.7 Å². The lowest BCUT2D eigenvalue weighted by Crippen LogP contribution is -2.44. The Labute approximate surface area is 100 Å². The number of nitrogens with zero attached hydrogens (tertiary/aromatic N) is 1. The Kier molecular flexibility index (Phi) is 3.73. The number of carbonyl (C=O) groups excluding carboxylic acids is 1. The van der Waals surface area contributed by atoms with Crippen LogP contribution in [0.1, 0.15) is 18.1 Å². The lowest BCUT2D eigenvalue weighted by atomic mass is 10.1. The molecule has 92 valence electrons. The zero-order valence-corrected chi connectivity index (χ0v) is 9.80. The van der Waals surface area contributed by atoms with E-state index in [-0.39, 0.29) is 24.7 Å². The van der Waals surface area contributed by atoms with Gasteiger partial charge >= 0.3 is 0 Å². The van der Waals surface area contributed by atoms with E-state index in [2.05, 4.69) is 5.32 Å². The van der Waals surface area contributed by atoms with Gasteiger partial charge in [-0.05, 0) is 5.56 Å². The number of benzene rings is 1. The van der Waals surface area contributed by atoms with Gasteiger partial charge in [-0.25, -0.2) is 0 Å². The molecular weight excluding hydrogens is 218 g/mol. The maximum atomic E-state index is 11.2. The summed E-state index contributed by atoms with van der Waals surface area (Å²) in [5.41, 5.74) is 6.38. The van der Waals surface area contributed by atoms with Gasteiger partial charge in [-0.15, -0.1) is 0 Å². The van der Waals surface area contributed by atoms with Crippen LogP contribution in [0.3, 0.4) is 0 Å². The minimum Gasteiger partial charge on any atom is -0.337 e. The Balaban J connectivity index is 2.00. The Hall–Kier alpha value is -1.43. The fourth-order valence-electron chi connectivity index (χ4n) is 1.93. The van der Waals surface area contributed by atoms with Crippen molar-refractivity contribution in [3.05, 3.63) is 35.9 Å². The molecule has 1 aromatic carbocycles. The summed E-state index contributed by atoms with van der Waals surface area (Å²) in [5, 5.41) is 4.49. The molecule has 0 unspecified atom stereocenters. The van der Waals surface area contributed by atoms with Crippen molar-refractivity contribution in [3.8, 4) is 0 Å². The summed E-state index contributed by atoms with van der Waals surface area (Å²) in [6.45, 7) is 0.000341. The van der Waals surface area contributed by atoms with Gasteiger partial charge in [0.2, 0.25) is 5.91 Å². The van der Waals surface area contributed by atoms with Gasteiger partial charge in [0.1, 0.15) is 12.3 Å². The first-order chi connectivity index (χ1) is 8.20. The molecule has 3 N–H and O–H groups in total. The van der Waals surface area contributed by atoms with E-state index >= 15 is 0 Å². The maximum Gasteiger partial charge on any atom is 0.235 e. The summed E-state index contributed by atoms with van der Waals surface area (Å²) in [6.07, 6.45) is 0.604. The Morgan fingerprint density at radius 3 is 2.88 bits per heavy atom. The van der Waals surface area contributed by atoms with Gasteiger partial charge in [-0.2, -0.15) is 5.06 Å². The standard InChI is InChI=1S/C12H17N3O2/c1-15-11(14-12(16)8-13)7-10(17-15)9-5-3-2-4-6-9/h2-6,10-11H,7-8,13H2,1H3,(H,14,16)/t10-,11-/m1/s1. The number of amides is 1. The molecule has 1 aliphatic heterocycles. The number of carbonyl (C=O) groups is 1. The lowest BCUT2D eigenvalue weighted by molar-refractivity contribution is -0.153. The molecule has 0 aliphatic carbocycles. The van der Waals surface area contributed by atoms with Crippen molar-refractivity contribution in [1.29, 1.82) is 0 Å². The molecule has 5 nitrogen and oxygen atoms in total. The zero-order valence-electron chi connectivity index (χ0n) is 9.80. The van der Waals surface area contributed by atoms with Gasteiger partial charge in [0.15, 0.2) is 0 Å². The third-order valence-electron chi connectivity index (χ3n) is 2.85. The predicted molar refractivity (Wildman–Crippen MR) is 63.6 cm³/mol. The monoisotopic (exact) mass is 235 g/mol. The molecule has 1 heterocycles. The SMILES string of the molecule is CN1O[C@@H](c2ccccc2)C[C@@H]1NC(=O)CN. The second-order valence-corrected chi connectivity index (χ2v) is 4.07. The quantitative estimate of drug-likeness (QED) is 0.795. The largest absolute Gasteiger partial charge is 0.337 e. The van der Waals surface area contributed by atoms with Crippen LogP contribution in [0.15, 0.2) is 30.3 Å². The average Bonchev–Trinajstić information content (AvgIpc) is 2.72. The van der Waals surface area contributed by atoms with Gasteiger partial charge < -0.3 is 11.1 Å². The van der Waals surface area contributed by atoms with E-state index in [4.69, 9.17) is 10.6 Å². The second kappa shape index (κ2) is 5.27. The highest BCUT2D eigenvalue weighted by Gasteiger charge is 2.32. The average molecular weight is 235 g/mol. The molecule has 0 spiro atoms. The Bertz CT molecular complexity index is 383. The number of nitrogens with one attached hydrogen (secondary N) is 1. The highest BCUT2D eigenvalue weighted by Crippen LogP contribution is 2.30. The van der Waals surface area contributed by atoms with E-state index in [9.17, 15) is 4.79 Å². The Morgan fingerprint density at radius 1 is 1.53 bits per heavy atom. The van der Waals surface area contributed by atoms with Crippen molar-refractivity contribution in [1.82, 2.24) is 10.4 Å². The highest BCUT2D eigenvalue weighted by atomic mass is 16.7. The molecule has 1 fully saturated rings. The summed E-state index contributed by atoms with van der Waals surface area (Å²) < 4.78 is 0. The molecule has 0 aromatic heterocycles. The zero-order chi connectivity index (χ0) is 12.3. The van der Waals surface area contributed by atoms with Crippen molar-refractivity contribution >= 4 is 5.91 Å². The molecule has 1 aliphatic rings. The van der Waals surface area contributed by atoms with E-state index in [0.717, 1.165) is 12.0 Å². The maximum absolute atomic E-state index is 11.2. The van der Waals surface area contributed by atoms with Crippen LogP contribution in [0.4, 0.5) is 0 Å². The molecular formula is C12H17N3O2. The Morgan fingerprint density at radius 2 is 2.24 bits per heavy atom. The molecule has 1 aromatic rings.